The second kappa shape index (κ2) is 3.66. The van der Waals surface area contributed by atoms with Crippen LogP contribution in [0.4, 0.5) is 0 Å². The Morgan fingerprint density at radius 2 is 2.50 bits per heavy atom. The number of primary amides is 1. The molecule has 0 radical (unpaired) electrons. The Bertz CT molecular complexity index is 182. The van der Waals surface area contributed by atoms with E-state index < -0.39 is 5.60 Å². The van der Waals surface area contributed by atoms with Gasteiger partial charge in [0.25, 0.3) is 0 Å². The van der Waals surface area contributed by atoms with Crippen LogP contribution in [0, 0.1) is 0 Å². The largest absolute Gasteiger partial charge is 0.389 e. The number of aliphatic hydroxyl groups is 1. The van der Waals surface area contributed by atoms with E-state index >= 15 is 0 Å². The third-order valence-electron chi connectivity index (χ3n) is 2.27. The molecule has 0 saturated heterocycles. The van der Waals surface area contributed by atoms with Gasteiger partial charge in [0.05, 0.1) is 11.4 Å². The highest BCUT2D eigenvalue weighted by Crippen LogP contribution is 2.37. The van der Waals surface area contributed by atoms with Crippen LogP contribution in [0.5, 0.6) is 0 Å². The molecule has 0 bridgehead atoms. The van der Waals surface area contributed by atoms with E-state index in [0.717, 1.165) is 19.3 Å². The minimum atomic E-state index is -0.597. The molecular weight excluding hydrogens is 174 g/mol. The third-order valence-corrected chi connectivity index (χ3v) is 3.87. The predicted octanol–water partition coefficient (Wildman–Crippen LogP) is 0.508. The summed E-state index contributed by atoms with van der Waals surface area (Å²) in [5, 5.41) is 9.98. The van der Waals surface area contributed by atoms with E-state index in [4.69, 9.17) is 5.73 Å². The molecule has 0 heterocycles. The summed E-state index contributed by atoms with van der Waals surface area (Å²) >= 11 is 1.47. The molecule has 3 nitrogen and oxygen atoms in total. The lowest BCUT2D eigenvalue weighted by atomic mass is 10.1. The van der Waals surface area contributed by atoms with Gasteiger partial charge in [-0.2, -0.15) is 0 Å². The van der Waals surface area contributed by atoms with Crippen molar-refractivity contribution in [2.75, 3.05) is 5.75 Å². The van der Waals surface area contributed by atoms with Crippen LogP contribution in [-0.2, 0) is 4.79 Å². The van der Waals surface area contributed by atoms with E-state index in [0.29, 0.717) is 5.75 Å². The summed E-state index contributed by atoms with van der Waals surface area (Å²) in [5.74, 6) is 0.0172. The molecule has 1 amide bonds. The average Bonchev–Trinajstić information content (AvgIpc) is 2.25. The highest BCUT2D eigenvalue weighted by atomic mass is 32.2. The molecule has 1 fully saturated rings. The fourth-order valence-electron chi connectivity index (χ4n) is 1.56. The lowest BCUT2D eigenvalue weighted by Gasteiger charge is -2.24. The van der Waals surface area contributed by atoms with Crippen LogP contribution in [0.25, 0.3) is 0 Å². The highest BCUT2D eigenvalue weighted by Gasteiger charge is 2.36. The van der Waals surface area contributed by atoms with Crippen molar-refractivity contribution in [3.63, 3.8) is 0 Å². The summed E-state index contributed by atoms with van der Waals surface area (Å²) in [7, 11) is 0. The molecule has 1 saturated carbocycles. The first kappa shape index (κ1) is 9.86. The zero-order valence-electron chi connectivity index (χ0n) is 7.25. The molecule has 0 aromatic rings. The number of amides is 1. The van der Waals surface area contributed by atoms with E-state index in [1.807, 2.05) is 6.92 Å². The van der Waals surface area contributed by atoms with E-state index in [1.165, 1.54) is 11.8 Å². The molecule has 2 unspecified atom stereocenters. The van der Waals surface area contributed by atoms with Crippen molar-refractivity contribution in [2.45, 2.75) is 37.0 Å². The molecule has 2 atom stereocenters. The van der Waals surface area contributed by atoms with Gasteiger partial charge < -0.3 is 10.8 Å². The summed E-state index contributed by atoms with van der Waals surface area (Å²) in [4.78, 5) is 10.5. The van der Waals surface area contributed by atoms with Crippen LogP contribution < -0.4 is 5.73 Å². The first-order valence-electron chi connectivity index (χ1n) is 4.14. The molecule has 1 aliphatic rings. The van der Waals surface area contributed by atoms with Gasteiger partial charge in [0.1, 0.15) is 0 Å². The maximum Gasteiger partial charge on any atom is 0.227 e. The molecule has 0 aromatic carbocycles. The van der Waals surface area contributed by atoms with E-state index in [1.54, 1.807) is 0 Å². The van der Waals surface area contributed by atoms with Crippen molar-refractivity contribution in [3.05, 3.63) is 0 Å². The molecule has 0 spiro atoms. The summed E-state index contributed by atoms with van der Waals surface area (Å²) in [5.41, 5.74) is 4.42. The van der Waals surface area contributed by atoms with Gasteiger partial charge in [-0.05, 0) is 26.2 Å². The van der Waals surface area contributed by atoms with Crippen molar-refractivity contribution in [1.29, 1.82) is 0 Å². The van der Waals surface area contributed by atoms with E-state index in [-0.39, 0.29) is 11.2 Å². The molecule has 0 aliphatic heterocycles. The van der Waals surface area contributed by atoms with Crippen LogP contribution in [0.2, 0.25) is 0 Å². The number of rotatable bonds is 3. The molecule has 1 rings (SSSR count). The van der Waals surface area contributed by atoms with Gasteiger partial charge in [-0.1, -0.05) is 0 Å². The minimum absolute atomic E-state index is 0.185. The Morgan fingerprint density at radius 1 is 1.83 bits per heavy atom. The molecule has 3 N–H and O–H groups in total. The Hall–Kier alpha value is -0.220. The second-order valence-corrected chi connectivity index (χ2v) is 4.71. The normalized spacial score (nSPS) is 35.3. The van der Waals surface area contributed by atoms with Gasteiger partial charge in [-0.15, -0.1) is 11.8 Å². The van der Waals surface area contributed by atoms with Gasteiger partial charge in [0.2, 0.25) is 5.91 Å². The van der Waals surface area contributed by atoms with Crippen LogP contribution >= 0.6 is 11.8 Å². The van der Waals surface area contributed by atoms with E-state index in [9.17, 15) is 9.90 Å². The van der Waals surface area contributed by atoms with E-state index in [2.05, 4.69) is 0 Å². The maximum absolute atomic E-state index is 10.5. The summed E-state index contributed by atoms with van der Waals surface area (Å²) < 4.78 is 0. The van der Waals surface area contributed by atoms with Gasteiger partial charge >= 0.3 is 0 Å². The summed E-state index contributed by atoms with van der Waals surface area (Å²) in [6, 6.07) is 0. The van der Waals surface area contributed by atoms with Crippen molar-refractivity contribution < 1.29 is 9.90 Å². The maximum atomic E-state index is 10.5. The second-order valence-electron chi connectivity index (χ2n) is 3.52. The van der Waals surface area contributed by atoms with Gasteiger partial charge in [0.15, 0.2) is 0 Å². The average molecular weight is 189 g/mol. The monoisotopic (exact) mass is 189 g/mol. The molecule has 70 valence electrons. The van der Waals surface area contributed by atoms with Gasteiger partial charge in [0, 0.05) is 5.25 Å². The quantitative estimate of drug-likeness (QED) is 0.680. The molecule has 1 aliphatic carbocycles. The lowest BCUT2D eigenvalue weighted by molar-refractivity contribution is -0.115. The number of carbonyl (C=O) groups excluding carboxylic acids is 1. The number of carbonyl (C=O) groups is 1. The summed E-state index contributed by atoms with van der Waals surface area (Å²) in [6.45, 7) is 1.83. The minimum Gasteiger partial charge on any atom is -0.389 e. The summed E-state index contributed by atoms with van der Waals surface area (Å²) in [6.07, 6.45) is 2.87. The Kier molecular flexibility index (Phi) is 3.01. The van der Waals surface area contributed by atoms with Crippen LogP contribution in [0.1, 0.15) is 26.2 Å². The SMILES string of the molecule is CC1(O)CCCC1SCC(N)=O. The van der Waals surface area contributed by atoms with Crippen molar-refractivity contribution >= 4 is 17.7 Å². The molecular formula is C8H15NO2S. The van der Waals surface area contributed by atoms with Gasteiger partial charge in [-0.3, -0.25) is 4.79 Å². The smallest absolute Gasteiger partial charge is 0.227 e. The first-order valence-corrected chi connectivity index (χ1v) is 5.19. The highest BCUT2D eigenvalue weighted by molar-refractivity contribution is 8.00. The zero-order valence-corrected chi connectivity index (χ0v) is 8.06. The number of nitrogens with two attached hydrogens (primary N) is 1. The van der Waals surface area contributed by atoms with Crippen molar-refractivity contribution in [1.82, 2.24) is 0 Å². The molecule has 4 heteroatoms. The van der Waals surface area contributed by atoms with Crippen LogP contribution in [0.15, 0.2) is 0 Å². The molecule has 0 aromatic heterocycles. The molecule has 12 heavy (non-hydrogen) atoms. The first-order chi connectivity index (χ1) is 5.52. The Morgan fingerprint density at radius 3 is 2.92 bits per heavy atom. The predicted molar refractivity (Wildman–Crippen MR) is 49.9 cm³/mol. The topological polar surface area (TPSA) is 63.3 Å². The fourth-order valence-corrected chi connectivity index (χ4v) is 2.74. The lowest BCUT2D eigenvalue weighted by Crippen LogP contribution is -2.32. The van der Waals surface area contributed by atoms with Gasteiger partial charge in [-0.25, -0.2) is 0 Å². The van der Waals surface area contributed by atoms with Crippen LogP contribution in [-0.4, -0.2) is 27.6 Å². The Labute approximate surface area is 76.7 Å². The fraction of sp³-hybridized carbons (Fsp3) is 0.875. The number of hydrogen-bond acceptors (Lipinski definition) is 3. The number of thioether (sulfide) groups is 1. The standard InChI is InChI=1S/C8H15NO2S/c1-8(11)4-2-3-6(8)12-5-7(9)10/h6,11H,2-5H2,1H3,(H2,9,10). The zero-order chi connectivity index (χ0) is 9.19. The Balaban J connectivity index is 2.36. The van der Waals surface area contributed by atoms with Crippen molar-refractivity contribution in [3.8, 4) is 0 Å². The van der Waals surface area contributed by atoms with Crippen LogP contribution in [0.3, 0.4) is 0 Å². The van der Waals surface area contributed by atoms with Crippen molar-refractivity contribution in [2.24, 2.45) is 5.73 Å². The number of hydrogen-bond donors (Lipinski definition) is 2. The third kappa shape index (κ3) is 2.38.